The van der Waals surface area contributed by atoms with E-state index in [0.717, 1.165) is 28.6 Å². The Morgan fingerprint density at radius 2 is 2.14 bits per heavy atom. The fourth-order valence-corrected chi connectivity index (χ4v) is 4.52. The van der Waals surface area contributed by atoms with E-state index in [9.17, 15) is 4.79 Å². The summed E-state index contributed by atoms with van der Waals surface area (Å²) >= 11 is 7.64. The minimum absolute atomic E-state index is 0.0560. The van der Waals surface area contributed by atoms with Crippen LogP contribution < -0.4 is 5.32 Å². The normalized spacial score (nSPS) is 16.4. The van der Waals surface area contributed by atoms with Crippen molar-refractivity contribution in [2.75, 3.05) is 18.4 Å². The zero-order valence-corrected chi connectivity index (χ0v) is 17.0. The Hall–Kier alpha value is -2.83. The standard InChI is InChI=1S/C22H18ClN3O2S/c23-15-5-6-19-20(11-15)28-22(25-19)24-16-7-9-26(12-16)21(27)18-4-2-1-3-17(18)14-8-10-29-13-14/h1-6,8,10-11,13,16H,7,9,12H2,(H,24,25)/t16-/m1/s1. The van der Waals surface area contributed by atoms with Crippen molar-refractivity contribution in [1.29, 1.82) is 0 Å². The van der Waals surface area contributed by atoms with Crippen LogP contribution in [-0.4, -0.2) is 34.9 Å². The Labute approximate surface area is 176 Å². The lowest BCUT2D eigenvalue weighted by Crippen LogP contribution is -2.31. The van der Waals surface area contributed by atoms with Crippen LogP contribution in [0.1, 0.15) is 16.8 Å². The van der Waals surface area contributed by atoms with Gasteiger partial charge < -0.3 is 14.6 Å². The van der Waals surface area contributed by atoms with Gasteiger partial charge in [0.1, 0.15) is 5.52 Å². The maximum absolute atomic E-state index is 13.2. The number of thiophene rings is 1. The van der Waals surface area contributed by atoms with E-state index in [1.807, 2.05) is 46.7 Å². The van der Waals surface area contributed by atoms with Crippen molar-refractivity contribution in [1.82, 2.24) is 9.88 Å². The number of nitrogens with zero attached hydrogens (tertiary/aromatic N) is 2. The first-order valence-electron chi connectivity index (χ1n) is 9.41. The van der Waals surface area contributed by atoms with Crippen LogP contribution in [0.15, 0.2) is 63.7 Å². The summed E-state index contributed by atoms with van der Waals surface area (Å²) in [7, 11) is 0. The molecule has 4 aromatic rings. The van der Waals surface area contributed by atoms with Crippen molar-refractivity contribution in [3.8, 4) is 11.1 Å². The number of aromatic nitrogens is 1. The average Bonchev–Trinajstić information content (AvgIpc) is 3.48. The highest BCUT2D eigenvalue weighted by molar-refractivity contribution is 7.08. The number of carbonyl (C=O) groups is 1. The molecule has 3 heterocycles. The average molecular weight is 424 g/mol. The number of benzene rings is 2. The Balaban J connectivity index is 1.31. The van der Waals surface area contributed by atoms with Gasteiger partial charge in [0.2, 0.25) is 0 Å². The summed E-state index contributed by atoms with van der Waals surface area (Å²) in [6, 6.07) is 15.8. The molecule has 1 aliphatic heterocycles. The number of likely N-dealkylation sites (tertiary alicyclic amines) is 1. The van der Waals surface area contributed by atoms with Gasteiger partial charge in [-0.05, 0) is 52.6 Å². The second kappa shape index (κ2) is 7.54. The second-order valence-electron chi connectivity index (χ2n) is 7.07. The lowest BCUT2D eigenvalue weighted by molar-refractivity contribution is 0.0792. The molecule has 0 bridgehead atoms. The van der Waals surface area contributed by atoms with Crippen LogP contribution in [0.4, 0.5) is 6.01 Å². The van der Waals surface area contributed by atoms with E-state index in [-0.39, 0.29) is 11.9 Å². The molecule has 0 radical (unpaired) electrons. The van der Waals surface area contributed by atoms with Crippen LogP contribution in [0.3, 0.4) is 0 Å². The molecule has 1 N–H and O–H groups in total. The summed E-state index contributed by atoms with van der Waals surface area (Å²) in [5.74, 6) is 0.0560. The fourth-order valence-electron chi connectivity index (χ4n) is 3.71. The van der Waals surface area contributed by atoms with Crippen molar-refractivity contribution in [2.45, 2.75) is 12.5 Å². The largest absolute Gasteiger partial charge is 0.423 e. The number of fused-ring (bicyclic) bond motifs is 1. The van der Waals surface area contributed by atoms with Gasteiger partial charge in [-0.2, -0.15) is 16.3 Å². The summed E-state index contributed by atoms with van der Waals surface area (Å²) in [6.45, 7) is 1.30. The van der Waals surface area contributed by atoms with Gasteiger partial charge >= 0.3 is 0 Å². The molecule has 146 valence electrons. The van der Waals surface area contributed by atoms with Crippen LogP contribution in [0.25, 0.3) is 22.2 Å². The summed E-state index contributed by atoms with van der Waals surface area (Å²) < 4.78 is 5.75. The van der Waals surface area contributed by atoms with Gasteiger partial charge in [-0.25, -0.2) is 0 Å². The minimum Gasteiger partial charge on any atom is -0.423 e. The van der Waals surface area contributed by atoms with E-state index in [0.29, 0.717) is 29.7 Å². The summed E-state index contributed by atoms with van der Waals surface area (Å²) in [5, 5.41) is 8.03. The highest BCUT2D eigenvalue weighted by Crippen LogP contribution is 2.28. The molecule has 1 amide bonds. The predicted octanol–water partition coefficient (Wildman–Crippen LogP) is 5.54. The first-order chi connectivity index (χ1) is 14.2. The number of nitrogens with one attached hydrogen (secondary N) is 1. The molecule has 1 atom stereocenters. The summed E-state index contributed by atoms with van der Waals surface area (Å²) in [4.78, 5) is 19.5. The first-order valence-corrected chi connectivity index (χ1v) is 10.7. The number of carbonyl (C=O) groups excluding carboxylic acids is 1. The third kappa shape index (κ3) is 3.61. The smallest absolute Gasteiger partial charge is 0.295 e. The molecule has 1 saturated heterocycles. The van der Waals surface area contributed by atoms with Crippen LogP contribution in [0.2, 0.25) is 5.02 Å². The topological polar surface area (TPSA) is 58.4 Å². The van der Waals surface area contributed by atoms with E-state index in [2.05, 4.69) is 15.7 Å². The molecule has 0 aliphatic carbocycles. The molecule has 1 aliphatic rings. The number of halogens is 1. The van der Waals surface area contributed by atoms with Gasteiger partial charge in [0.15, 0.2) is 5.58 Å². The minimum atomic E-state index is 0.0560. The monoisotopic (exact) mass is 423 g/mol. The van der Waals surface area contributed by atoms with E-state index in [1.54, 1.807) is 23.5 Å². The fraction of sp³-hybridized carbons (Fsp3) is 0.182. The van der Waals surface area contributed by atoms with Crippen molar-refractivity contribution in [3.63, 3.8) is 0 Å². The van der Waals surface area contributed by atoms with Gasteiger partial charge in [0.05, 0.1) is 0 Å². The van der Waals surface area contributed by atoms with Gasteiger partial charge in [0.25, 0.3) is 11.9 Å². The molecule has 0 spiro atoms. The highest BCUT2D eigenvalue weighted by atomic mass is 35.5. The Kier molecular flexibility index (Phi) is 4.73. The molecule has 0 unspecified atom stereocenters. The number of hydrogen-bond acceptors (Lipinski definition) is 5. The number of rotatable bonds is 4. The molecular formula is C22H18ClN3O2S. The van der Waals surface area contributed by atoms with E-state index in [1.165, 1.54) is 0 Å². The van der Waals surface area contributed by atoms with E-state index < -0.39 is 0 Å². The molecule has 2 aromatic carbocycles. The van der Waals surface area contributed by atoms with Gasteiger partial charge in [-0.3, -0.25) is 4.79 Å². The molecular weight excluding hydrogens is 406 g/mol. The third-order valence-corrected chi connectivity index (χ3v) is 6.06. The molecule has 2 aromatic heterocycles. The SMILES string of the molecule is O=C(c1ccccc1-c1ccsc1)N1CC[C@@H](Nc2nc3ccc(Cl)cc3o2)C1. The Morgan fingerprint density at radius 1 is 1.24 bits per heavy atom. The maximum atomic E-state index is 13.2. The van der Waals surface area contributed by atoms with Crippen LogP contribution in [-0.2, 0) is 0 Å². The second-order valence-corrected chi connectivity index (χ2v) is 8.29. The zero-order valence-electron chi connectivity index (χ0n) is 15.5. The third-order valence-electron chi connectivity index (χ3n) is 5.14. The molecule has 29 heavy (non-hydrogen) atoms. The predicted molar refractivity (Wildman–Crippen MR) is 117 cm³/mol. The molecule has 7 heteroatoms. The van der Waals surface area contributed by atoms with Crippen molar-refractivity contribution >= 4 is 46.0 Å². The Morgan fingerprint density at radius 3 is 3.00 bits per heavy atom. The lowest BCUT2D eigenvalue weighted by Gasteiger charge is -2.18. The molecule has 5 rings (SSSR count). The summed E-state index contributed by atoms with van der Waals surface area (Å²) in [5.41, 5.74) is 4.20. The number of oxazole rings is 1. The van der Waals surface area contributed by atoms with E-state index in [4.69, 9.17) is 16.0 Å². The van der Waals surface area contributed by atoms with Crippen LogP contribution in [0.5, 0.6) is 0 Å². The van der Waals surface area contributed by atoms with Crippen molar-refractivity contribution in [2.24, 2.45) is 0 Å². The maximum Gasteiger partial charge on any atom is 0.295 e. The Bertz CT molecular complexity index is 1170. The number of anilines is 1. The van der Waals surface area contributed by atoms with E-state index >= 15 is 0 Å². The number of amides is 1. The van der Waals surface area contributed by atoms with Gasteiger partial charge in [-0.15, -0.1) is 0 Å². The summed E-state index contributed by atoms with van der Waals surface area (Å²) in [6.07, 6.45) is 0.839. The number of hydrogen-bond donors (Lipinski definition) is 1. The van der Waals surface area contributed by atoms with Gasteiger partial charge in [-0.1, -0.05) is 29.8 Å². The van der Waals surface area contributed by atoms with Gasteiger partial charge in [0, 0.05) is 35.8 Å². The molecule has 1 fully saturated rings. The van der Waals surface area contributed by atoms with Crippen LogP contribution >= 0.6 is 22.9 Å². The quantitative estimate of drug-likeness (QED) is 0.468. The van der Waals surface area contributed by atoms with Crippen LogP contribution in [0, 0.1) is 0 Å². The highest BCUT2D eigenvalue weighted by Gasteiger charge is 2.29. The van der Waals surface area contributed by atoms with Crippen molar-refractivity contribution in [3.05, 3.63) is 69.9 Å². The molecule has 0 saturated carbocycles. The molecule has 5 nitrogen and oxygen atoms in total. The zero-order chi connectivity index (χ0) is 19.8. The lowest BCUT2D eigenvalue weighted by atomic mass is 10.0. The first kappa shape index (κ1) is 18.2. The van der Waals surface area contributed by atoms with Crippen molar-refractivity contribution < 1.29 is 9.21 Å².